The van der Waals surface area contributed by atoms with Gasteiger partial charge in [-0.3, -0.25) is 9.88 Å². The van der Waals surface area contributed by atoms with E-state index in [1.54, 1.807) is 6.20 Å². The van der Waals surface area contributed by atoms with E-state index >= 15 is 0 Å². The fourth-order valence-corrected chi connectivity index (χ4v) is 4.48. The van der Waals surface area contributed by atoms with E-state index in [4.69, 9.17) is 5.26 Å². The molecule has 2 aliphatic heterocycles. The van der Waals surface area contributed by atoms with Crippen molar-refractivity contribution < 1.29 is 0 Å². The fourth-order valence-electron chi connectivity index (χ4n) is 4.48. The van der Waals surface area contributed by atoms with Crippen LogP contribution in [0.1, 0.15) is 25.1 Å². The molecular weight excluding hydrogens is 310 g/mol. The van der Waals surface area contributed by atoms with E-state index in [9.17, 15) is 0 Å². The summed E-state index contributed by atoms with van der Waals surface area (Å²) in [4.78, 5) is 13.5. The number of anilines is 1. The normalized spacial score (nSPS) is 28.8. The van der Waals surface area contributed by atoms with Gasteiger partial charge in [0.15, 0.2) is 5.69 Å². The second-order valence-corrected chi connectivity index (χ2v) is 7.98. The van der Waals surface area contributed by atoms with Gasteiger partial charge in [0.25, 0.3) is 0 Å². The monoisotopic (exact) mass is 333 g/mol. The maximum atomic E-state index is 9.06. The summed E-state index contributed by atoms with van der Waals surface area (Å²) in [6.07, 6.45) is 3.29. The van der Waals surface area contributed by atoms with Crippen molar-refractivity contribution in [1.82, 2.24) is 14.9 Å². The van der Waals surface area contributed by atoms with Crippen LogP contribution in [-0.4, -0.2) is 41.0 Å². The summed E-state index contributed by atoms with van der Waals surface area (Å²) >= 11 is 0. The van der Waals surface area contributed by atoms with Gasteiger partial charge in [0, 0.05) is 43.6 Å². The Balaban J connectivity index is 1.51. The molecule has 2 saturated heterocycles. The standard InChI is InChI=1S/C20H23N5/c1-19-12-24(11-16-6-4-3-5-7-16)13-20(19,2)15-25(14-19)18-10-22-9-17(8-21)23-18/h3-7,9-10H,11-15H2,1-2H3. The summed E-state index contributed by atoms with van der Waals surface area (Å²) in [7, 11) is 0. The van der Waals surface area contributed by atoms with E-state index in [0.717, 1.165) is 38.5 Å². The number of fused-ring (bicyclic) bond motifs is 1. The summed E-state index contributed by atoms with van der Waals surface area (Å²) in [5, 5.41) is 9.06. The fraction of sp³-hybridized carbons (Fsp3) is 0.450. The molecule has 2 unspecified atom stereocenters. The third kappa shape index (κ3) is 2.77. The molecule has 5 heteroatoms. The molecule has 25 heavy (non-hydrogen) atoms. The van der Waals surface area contributed by atoms with Gasteiger partial charge in [-0.1, -0.05) is 44.2 Å². The van der Waals surface area contributed by atoms with E-state index in [1.165, 1.54) is 11.8 Å². The molecule has 0 aliphatic carbocycles. The second-order valence-electron chi connectivity index (χ2n) is 7.98. The Morgan fingerprint density at radius 1 is 1.04 bits per heavy atom. The number of hydrogen-bond donors (Lipinski definition) is 0. The third-order valence-electron chi connectivity index (χ3n) is 5.99. The summed E-state index contributed by atoms with van der Waals surface area (Å²) in [5.74, 6) is 0.825. The topological polar surface area (TPSA) is 56.0 Å². The van der Waals surface area contributed by atoms with Gasteiger partial charge in [-0.2, -0.15) is 5.26 Å². The average Bonchev–Trinajstić information content (AvgIpc) is 2.99. The van der Waals surface area contributed by atoms with Gasteiger partial charge in [-0.15, -0.1) is 0 Å². The highest BCUT2D eigenvalue weighted by atomic mass is 15.3. The van der Waals surface area contributed by atoms with E-state index < -0.39 is 0 Å². The first-order chi connectivity index (χ1) is 12.0. The van der Waals surface area contributed by atoms with Crippen molar-refractivity contribution in [1.29, 1.82) is 5.26 Å². The second kappa shape index (κ2) is 5.82. The van der Waals surface area contributed by atoms with Gasteiger partial charge in [-0.25, -0.2) is 4.98 Å². The van der Waals surface area contributed by atoms with Crippen LogP contribution in [0.15, 0.2) is 42.7 Å². The number of nitriles is 1. The quantitative estimate of drug-likeness (QED) is 0.864. The largest absolute Gasteiger partial charge is 0.354 e. The lowest BCUT2D eigenvalue weighted by molar-refractivity contribution is 0.212. The minimum Gasteiger partial charge on any atom is -0.354 e. The first-order valence-corrected chi connectivity index (χ1v) is 8.75. The summed E-state index contributed by atoms with van der Waals surface area (Å²) in [6, 6.07) is 12.8. The lowest BCUT2D eigenvalue weighted by atomic mass is 9.71. The maximum Gasteiger partial charge on any atom is 0.161 e. The molecule has 0 N–H and O–H groups in total. The van der Waals surface area contributed by atoms with E-state index in [1.807, 2.05) is 0 Å². The van der Waals surface area contributed by atoms with Crippen LogP contribution in [0.4, 0.5) is 5.82 Å². The van der Waals surface area contributed by atoms with E-state index in [0.29, 0.717) is 5.69 Å². The van der Waals surface area contributed by atoms with E-state index in [2.05, 4.69) is 70.0 Å². The Bertz CT molecular complexity index is 794. The minimum atomic E-state index is 0.214. The molecule has 0 saturated carbocycles. The first-order valence-electron chi connectivity index (χ1n) is 8.75. The van der Waals surface area contributed by atoms with Crippen molar-refractivity contribution in [3.63, 3.8) is 0 Å². The minimum absolute atomic E-state index is 0.214. The zero-order valence-corrected chi connectivity index (χ0v) is 14.8. The highest BCUT2D eigenvalue weighted by Crippen LogP contribution is 2.52. The maximum absolute atomic E-state index is 9.06. The summed E-state index contributed by atoms with van der Waals surface area (Å²) < 4.78 is 0. The van der Waals surface area contributed by atoms with Gasteiger partial charge >= 0.3 is 0 Å². The predicted octanol–water partition coefficient (Wildman–Crippen LogP) is 2.70. The molecule has 5 nitrogen and oxygen atoms in total. The van der Waals surface area contributed by atoms with Gasteiger partial charge < -0.3 is 4.90 Å². The molecule has 3 heterocycles. The summed E-state index contributed by atoms with van der Waals surface area (Å²) in [6.45, 7) is 9.87. The van der Waals surface area contributed by atoms with Crippen molar-refractivity contribution in [3.05, 3.63) is 54.0 Å². The SMILES string of the molecule is CC12CN(Cc3ccccc3)CC1(C)CN(c1cncc(C#N)n1)C2. The Kier molecular flexibility index (Phi) is 3.73. The summed E-state index contributed by atoms with van der Waals surface area (Å²) in [5.41, 5.74) is 2.19. The van der Waals surface area contributed by atoms with Gasteiger partial charge in [0.05, 0.1) is 12.4 Å². The van der Waals surface area contributed by atoms with Gasteiger partial charge in [0.1, 0.15) is 11.9 Å². The molecule has 2 fully saturated rings. The molecule has 0 spiro atoms. The lowest BCUT2D eigenvalue weighted by Crippen LogP contribution is -2.34. The highest BCUT2D eigenvalue weighted by molar-refractivity contribution is 5.42. The Labute approximate surface area is 148 Å². The molecule has 1 aromatic heterocycles. The lowest BCUT2D eigenvalue weighted by Gasteiger charge is -2.30. The third-order valence-corrected chi connectivity index (χ3v) is 5.99. The number of nitrogens with zero attached hydrogens (tertiary/aromatic N) is 5. The van der Waals surface area contributed by atoms with Crippen molar-refractivity contribution in [3.8, 4) is 6.07 Å². The number of hydrogen-bond acceptors (Lipinski definition) is 5. The average molecular weight is 333 g/mol. The Hall–Kier alpha value is -2.45. The molecule has 1 aromatic carbocycles. The van der Waals surface area contributed by atoms with Gasteiger partial charge in [-0.05, 0) is 5.56 Å². The van der Waals surface area contributed by atoms with Crippen LogP contribution in [0.3, 0.4) is 0 Å². The Morgan fingerprint density at radius 2 is 1.72 bits per heavy atom. The number of rotatable bonds is 3. The Morgan fingerprint density at radius 3 is 2.36 bits per heavy atom. The van der Waals surface area contributed by atoms with Crippen LogP contribution in [-0.2, 0) is 6.54 Å². The number of likely N-dealkylation sites (tertiary alicyclic amines) is 1. The van der Waals surface area contributed by atoms with Crippen LogP contribution in [0.25, 0.3) is 0 Å². The van der Waals surface area contributed by atoms with Crippen LogP contribution in [0.2, 0.25) is 0 Å². The number of benzene rings is 1. The van der Waals surface area contributed by atoms with Crippen LogP contribution in [0.5, 0.6) is 0 Å². The zero-order chi connectivity index (χ0) is 17.5. The van der Waals surface area contributed by atoms with Crippen molar-refractivity contribution >= 4 is 5.82 Å². The number of aromatic nitrogens is 2. The molecule has 0 radical (unpaired) electrons. The van der Waals surface area contributed by atoms with E-state index in [-0.39, 0.29) is 10.8 Å². The van der Waals surface area contributed by atoms with Crippen LogP contribution < -0.4 is 4.90 Å². The van der Waals surface area contributed by atoms with Crippen LogP contribution >= 0.6 is 0 Å². The molecule has 2 aliphatic rings. The molecule has 0 amide bonds. The molecule has 2 aromatic rings. The molecule has 0 bridgehead atoms. The molecule has 2 atom stereocenters. The van der Waals surface area contributed by atoms with Crippen molar-refractivity contribution in [2.24, 2.45) is 10.8 Å². The molecular formula is C20H23N5. The van der Waals surface area contributed by atoms with Crippen LogP contribution in [0, 0.1) is 22.2 Å². The zero-order valence-electron chi connectivity index (χ0n) is 14.8. The molecule has 4 rings (SSSR count). The smallest absolute Gasteiger partial charge is 0.161 e. The first kappa shape index (κ1) is 16.0. The predicted molar refractivity (Wildman–Crippen MR) is 96.9 cm³/mol. The van der Waals surface area contributed by atoms with Crippen molar-refractivity contribution in [2.45, 2.75) is 20.4 Å². The van der Waals surface area contributed by atoms with Crippen molar-refractivity contribution in [2.75, 3.05) is 31.1 Å². The molecule has 128 valence electrons. The van der Waals surface area contributed by atoms with Gasteiger partial charge in [0.2, 0.25) is 0 Å². The highest BCUT2D eigenvalue weighted by Gasteiger charge is 2.57.